The van der Waals surface area contributed by atoms with E-state index in [1.165, 1.54) is 11.3 Å². The number of nitrogens with zero attached hydrogens (tertiary/aromatic N) is 3. The van der Waals surface area contributed by atoms with Gasteiger partial charge in [-0.05, 0) is 37.0 Å². The number of hydroxylamine groups is 2. The first-order valence-corrected chi connectivity index (χ1v) is 12.7. The first-order chi connectivity index (χ1) is 17.5. The lowest BCUT2D eigenvalue weighted by molar-refractivity contribution is -0.188. The molecule has 1 aromatic heterocycles. The highest BCUT2D eigenvalue weighted by molar-refractivity contribution is 5.78. The van der Waals surface area contributed by atoms with Gasteiger partial charge >= 0.3 is 5.97 Å². The van der Waals surface area contributed by atoms with Crippen LogP contribution in [0.3, 0.4) is 0 Å². The fraction of sp³-hybridized carbons (Fsp3) is 0.577. The number of carbonyl (C=O) groups excluding carboxylic acids is 1. The summed E-state index contributed by atoms with van der Waals surface area (Å²) in [5.74, 6) is -0.276. The van der Waals surface area contributed by atoms with Gasteiger partial charge in [0.05, 0.1) is 25.3 Å². The van der Waals surface area contributed by atoms with Crippen molar-refractivity contribution in [3.05, 3.63) is 42.1 Å². The molecule has 0 bridgehead atoms. The van der Waals surface area contributed by atoms with Crippen molar-refractivity contribution in [2.45, 2.75) is 57.9 Å². The average Bonchev–Trinajstić information content (AvgIpc) is 3.62. The maximum atomic E-state index is 13.3. The highest BCUT2D eigenvalue weighted by atomic mass is 16.7. The number of likely N-dealkylation sites (tertiary alicyclic amines) is 1. The molecule has 1 amide bonds. The highest BCUT2D eigenvalue weighted by Crippen LogP contribution is 2.43. The number of unbranched alkanes of at least 4 members (excludes halogenated alkanes) is 1. The third-order valence-corrected chi connectivity index (χ3v) is 6.78. The Bertz CT molecular complexity index is 1000. The molecule has 36 heavy (non-hydrogen) atoms. The van der Waals surface area contributed by atoms with E-state index >= 15 is 0 Å². The van der Waals surface area contributed by atoms with Gasteiger partial charge in [0, 0.05) is 31.5 Å². The number of benzene rings is 1. The van der Waals surface area contributed by atoms with Gasteiger partial charge in [-0.25, -0.2) is 10.0 Å². The van der Waals surface area contributed by atoms with Crippen LogP contribution in [0.4, 0.5) is 0 Å². The summed E-state index contributed by atoms with van der Waals surface area (Å²) in [6.07, 6.45) is 6.63. The summed E-state index contributed by atoms with van der Waals surface area (Å²) >= 11 is 0. The second-order valence-electron chi connectivity index (χ2n) is 9.23. The van der Waals surface area contributed by atoms with Crippen molar-refractivity contribution in [1.82, 2.24) is 14.9 Å². The number of carbonyl (C=O) groups is 2. The fourth-order valence-electron chi connectivity index (χ4n) is 5.00. The molecule has 1 N–H and O–H groups in total. The highest BCUT2D eigenvalue weighted by Gasteiger charge is 2.47. The minimum Gasteiger partial charge on any atom is -0.481 e. The predicted molar refractivity (Wildman–Crippen MR) is 129 cm³/mol. The van der Waals surface area contributed by atoms with E-state index in [0.29, 0.717) is 49.9 Å². The third kappa shape index (κ3) is 5.99. The largest absolute Gasteiger partial charge is 0.481 e. The lowest BCUT2D eigenvalue weighted by Gasteiger charge is -2.29. The van der Waals surface area contributed by atoms with Crippen LogP contribution in [0.15, 0.2) is 35.1 Å². The summed E-state index contributed by atoms with van der Waals surface area (Å²) in [6.45, 7) is 5.68. The number of hydrogen-bond acceptors (Lipinski definition) is 8. The Kier molecular flexibility index (Phi) is 8.82. The average molecular weight is 502 g/mol. The summed E-state index contributed by atoms with van der Waals surface area (Å²) < 4.78 is 16.4. The van der Waals surface area contributed by atoms with Crippen LogP contribution in [0.2, 0.25) is 0 Å². The maximum Gasteiger partial charge on any atom is 0.308 e. The van der Waals surface area contributed by atoms with E-state index in [4.69, 9.17) is 18.7 Å². The van der Waals surface area contributed by atoms with Crippen LogP contribution in [0, 0.1) is 5.92 Å². The summed E-state index contributed by atoms with van der Waals surface area (Å²) in [6, 6.07) is 5.19. The second kappa shape index (κ2) is 12.2. The molecule has 0 radical (unpaired) electrons. The number of rotatable bonds is 13. The van der Waals surface area contributed by atoms with Crippen molar-refractivity contribution in [3.8, 4) is 11.5 Å². The lowest BCUT2D eigenvalue weighted by atomic mass is 9.83. The Morgan fingerprint density at radius 1 is 1.22 bits per heavy atom. The van der Waals surface area contributed by atoms with Gasteiger partial charge in [-0.1, -0.05) is 26.3 Å². The van der Waals surface area contributed by atoms with Crippen molar-refractivity contribution in [2.75, 3.05) is 33.0 Å². The number of carboxylic acids is 1. The van der Waals surface area contributed by atoms with Gasteiger partial charge in [-0.2, -0.15) is 0 Å². The zero-order valence-electron chi connectivity index (χ0n) is 20.9. The van der Waals surface area contributed by atoms with Crippen molar-refractivity contribution in [3.63, 3.8) is 0 Å². The molecule has 10 nitrogen and oxygen atoms in total. The van der Waals surface area contributed by atoms with Crippen LogP contribution in [0.5, 0.6) is 11.5 Å². The fourth-order valence-corrected chi connectivity index (χ4v) is 5.00. The summed E-state index contributed by atoms with van der Waals surface area (Å²) in [4.78, 5) is 37.8. The quantitative estimate of drug-likeness (QED) is 0.412. The topological polar surface area (TPSA) is 115 Å². The molecule has 1 unspecified atom stereocenters. The number of ether oxygens (including phenoxy) is 2. The van der Waals surface area contributed by atoms with Gasteiger partial charge in [0.15, 0.2) is 17.4 Å². The van der Waals surface area contributed by atoms with E-state index in [0.717, 1.165) is 24.8 Å². The van der Waals surface area contributed by atoms with Gasteiger partial charge in [-0.3, -0.25) is 19.3 Å². The molecule has 0 spiro atoms. The van der Waals surface area contributed by atoms with E-state index < -0.39 is 11.9 Å². The molecule has 3 atom stereocenters. The number of aromatic nitrogens is 1. The van der Waals surface area contributed by atoms with E-state index in [2.05, 4.69) is 11.9 Å². The molecular formula is C26H35N3O7. The van der Waals surface area contributed by atoms with E-state index in [1.807, 2.05) is 30.0 Å². The Hall–Kier alpha value is -3.11. The van der Waals surface area contributed by atoms with Crippen LogP contribution >= 0.6 is 0 Å². The Morgan fingerprint density at radius 2 is 2.06 bits per heavy atom. The number of hydrogen-bond donors (Lipinski definition) is 1. The van der Waals surface area contributed by atoms with Gasteiger partial charge in [0.2, 0.25) is 6.79 Å². The van der Waals surface area contributed by atoms with E-state index in [9.17, 15) is 14.7 Å². The van der Waals surface area contributed by atoms with Gasteiger partial charge in [0.1, 0.15) is 6.26 Å². The first-order valence-electron chi connectivity index (χ1n) is 12.7. The molecule has 3 heterocycles. The Labute approximate surface area is 211 Å². The number of carboxylic acid groups (broad SMARTS) is 1. The van der Waals surface area contributed by atoms with Gasteiger partial charge < -0.3 is 19.0 Å². The standard InChI is InChI=1S/C26H35N3O7/c1-3-5-11-29(36-12-4-2)24(30)16-28-15-19(18-6-8-21-22(14-18)35-17-34-21)25(26(31)32)20(28)7-9-23-27-10-13-33-23/h6,8,10,13-14,19-20,25H,3-5,7,9,11-12,15-17H2,1-2H3,(H,31,32)/t19?,20-,25+/m1/s1. The summed E-state index contributed by atoms with van der Waals surface area (Å²) in [5, 5.41) is 11.8. The number of aryl methyl sites for hydroxylation is 1. The Morgan fingerprint density at radius 3 is 2.78 bits per heavy atom. The lowest BCUT2D eigenvalue weighted by Crippen LogP contribution is -2.44. The second-order valence-corrected chi connectivity index (χ2v) is 9.23. The molecular weight excluding hydrogens is 466 g/mol. The molecule has 0 saturated carbocycles. The predicted octanol–water partition coefficient (Wildman–Crippen LogP) is 3.48. The van der Waals surface area contributed by atoms with E-state index in [-0.39, 0.29) is 31.2 Å². The van der Waals surface area contributed by atoms with Crippen molar-refractivity contribution < 1.29 is 33.4 Å². The molecule has 4 rings (SSSR count). The molecule has 1 saturated heterocycles. The van der Waals surface area contributed by atoms with Crippen molar-refractivity contribution in [1.29, 1.82) is 0 Å². The summed E-state index contributed by atoms with van der Waals surface area (Å²) in [5.41, 5.74) is 0.854. The third-order valence-electron chi connectivity index (χ3n) is 6.78. The molecule has 2 aliphatic heterocycles. The van der Waals surface area contributed by atoms with Gasteiger partial charge in [0.25, 0.3) is 5.91 Å². The van der Waals surface area contributed by atoms with Crippen LogP contribution in [0.1, 0.15) is 56.9 Å². The smallest absolute Gasteiger partial charge is 0.308 e. The van der Waals surface area contributed by atoms with Gasteiger partial charge in [-0.15, -0.1) is 0 Å². The maximum absolute atomic E-state index is 13.3. The summed E-state index contributed by atoms with van der Waals surface area (Å²) in [7, 11) is 0. The molecule has 1 fully saturated rings. The van der Waals surface area contributed by atoms with Crippen LogP contribution in [-0.4, -0.2) is 71.0 Å². The number of oxazole rings is 1. The van der Waals surface area contributed by atoms with Crippen LogP contribution in [-0.2, 0) is 20.8 Å². The van der Waals surface area contributed by atoms with Crippen molar-refractivity contribution >= 4 is 11.9 Å². The molecule has 1 aromatic carbocycles. The number of fused-ring (bicyclic) bond motifs is 1. The number of amides is 1. The monoisotopic (exact) mass is 501 g/mol. The molecule has 10 heteroatoms. The van der Waals surface area contributed by atoms with Crippen LogP contribution in [0.25, 0.3) is 0 Å². The zero-order valence-corrected chi connectivity index (χ0v) is 20.9. The normalized spacial score (nSPS) is 21.1. The minimum atomic E-state index is -0.893. The van der Waals surface area contributed by atoms with E-state index in [1.54, 1.807) is 6.20 Å². The molecule has 2 aliphatic rings. The van der Waals surface area contributed by atoms with Crippen molar-refractivity contribution in [2.24, 2.45) is 5.92 Å². The molecule has 2 aromatic rings. The first kappa shape index (κ1) is 26.0. The SMILES string of the molecule is CCCCN(OCCC)C(=O)CN1CC(c2ccc3c(c2)OCO3)[C@H](C(=O)O)[C@H]1CCc1ncco1. The molecule has 196 valence electrons. The minimum absolute atomic E-state index is 0.0779. The number of aliphatic carboxylic acids is 1. The van der Waals surface area contributed by atoms with Crippen LogP contribution < -0.4 is 9.47 Å². The zero-order chi connectivity index (χ0) is 25.5. The molecule has 0 aliphatic carbocycles. The Balaban J connectivity index is 1.58.